The lowest BCUT2D eigenvalue weighted by Crippen LogP contribution is -2.15. The predicted molar refractivity (Wildman–Crippen MR) is 248 cm³/mol. The number of anilines is 2. The highest BCUT2D eigenvalue weighted by Gasteiger charge is 2.19. The molecule has 0 spiro atoms. The van der Waals surface area contributed by atoms with Crippen LogP contribution >= 0.6 is 11.3 Å². The average molecular weight is 754 g/mol. The van der Waals surface area contributed by atoms with Gasteiger partial charge >= 0.3 is 0 Å². The van der Waals surface area contributed by atoms with Crippen molar-refractivity contribution >= 4 is 42.9 Å². The number of hydrogen-bond donors (Lipinski definition) is 0. The van der Waals surface area contributed by atoms with Crippen molar-refractivity contribution in [1.82, 2.24) is 0 Å². The number of allylic oxidation sites excluding steroid dienone is 4. The van der Waals surface area contributed by atoms with Crippen LogP contribution in [0.2, 0.25) is 0 Å². The minimum atomic E-state index is 0.663. The minimum absolute atomic E-state index is 0.663. The highest BCUT2D eigenvalue weighted by Crippen LogP contribution is 2.43. The zero-order valence-corrected chi connectivity index (χ0v) is 33.4. The Balaban J connectivity index is 1.17. The molecule has 0 unspecified atom stereocenters. The molecule has 7 aromatic carbocycles. The van der Waals surface area contributed by atoms with Gasteiger partial charge in [0.25, 0.3) is 0 Å². The summed E-state index contributed by atoms with van der Waals surface area (Å²) in [6, 6.07) is 61.9. The first-order valence-electron chi connectivity index (χ1n) is 20.3. The number of fused-ring (bicyclic) bond motifs is 3. The van der Waals surface area contributed by atoms with Gasteiger partial charge in [-0.05, 0) is 119 Å². The summed E-state index contributed by atoms with van der Waals surface area (Å²) in [6.45, 7) is 6.68. The topological polar surface area (TPSA) is 3.24 Å². The van der Waals surface area contributed by atoms with Crippen molar-refractivity contribution in [2.24, 2.45) is 5.92 Å². The van der Waals surface area contributed by atoms with Crippen LogP contribution in [-0.2, 0) is 0 Å². The summed E-state index contributed by atoms with van der Waals surface area (Å²) < 4.78 is 2.60. The van der Waals surface area contributed by atoms with E-state index in [1.807, 2.05) is 17.4 Å². The van der Waals surface area contributed by atoms with E-state index in [1.54, 1.807) is 0 Å². The standard InChI is InChI=1S/C55H47NS/c1-3-46(32-29-39(2)40-17-7-4-8-18-40)56(48-35-36-52-51-25-13-14-28-53(51)57-54(52)38-48)47-33-30-43(31-34-47)55-49(42-21-11-6-12-22-42)26-16-27-50(55)45-24-15-23-44(37-45)41-19-9-5-10-20-41/h3,5-6,9-16,19-38,40H,1,4,7-8,17-18H2,2H3/b39-29+,46-32+. The van der Waals surface area contributed by atoms with Gasteiger partial charge in [-0.25, -0.2) is 0 Å². The Morgan fingerprint density at radius 2 is 1.14 bits per heavy atom. The molecule has 1 aliphatic rings. The van der Waals surface area contributed by atoms with Crippen molar-refractivity contribution in [3.63, 3.8) is 0 Å². The maximum atomic E-state index is 4.37. The summed E-state index contributed by atoms with van der Waals surface area (Å²) in [4.78, 5) is 2.37. The fourth-order valence-corrected chi connectivity index (χ4v) is 9.82. The summed E-state index contributed by atoms with van der Waals surface area (Å²) in [7, 11) is 0. The van der Waals surface area contributed by atoms with E-state index in [0.717, 1.165) is 17.1 Å². The lowest BCUT2D eigenvalue weighted by atomic mass is 9.84. The third-order valence-electron chi connectivity index (χ3n) is 11.7. The molecule has 57 heavy (non-hydrogen) atoms. The van der Waals surface area contributed by atoms with Gasteiger partial charge in [0, 0.05) is 37.2 Å². The molecular formula is C55H47NS. The van der Waals surface area contributed by atoms with Crippen molar-refractivity contribution in [3.8, 4) is 44.5 Å². The largest absolute Gasteiger partial charge is 0.310 e. The molecular weight excluding hydrogens is 707 g/mol. The van der Waals surface area contributed by atoms with Crippen molar-refractivity contribution in [3.05, 3.63) is 206 Å². The smallest absolute Gasteiger partial charge is 0.0476 e. The Kier molecular flexibility index (Phi) is 10.5. The predicted octanol–water partition coefficient (Wildman–Crippen LogP) is 16.5. The third kappa shape index (κ3) is 7.54. The molecule has 2 heteroatoms. The van der Waals surface area contributed by atoms with Gasteiger partial charge < -0.3 is 4.90 Å². The van der Waals surface area contributed by atoms with Gasteiger partial charge in [-0.1, -0.05) is 171 Å². The lowest BCUT2D eigenvalue weighted by Gasteiger charge is -2.27. The Morgan fingerprint density at radius 1 is 0.526 bits per heavy atom. The molecule has 1 nitrogen and oxygen atoms in total. The average Bonchev–Trinajstić information content (AvgIpc) is 3.66. The van der Waals surface area contributed by atoms with Crippen LogP contribution in [0.1, 0.15) is 39.0 Å². The van der Waals surface area contributed by atoms with Gasteiger partial charge in [0.15, 0.2) is 0 Å². The number of hydrogen-bond acceptors (Lipinski definition) is 2. The number of thiophene rings is 1. The molecule has 1 aromatic heterocycles. The molecule has 1 saturated carbocycles. The van der Waals surface area contributed by atoms with Crippen LogP contribution in [0.15, 0.2) is 206 Å². The van der Waals surface area contributed by atoms with Gasteiger partial charge in [-0.2, -0.15) is 0 Å². The van der Waals surface area contributed by atoms with Crippen LogP contribution in [0.4, 0.5) is 11.4 Å². The van der Waals surface area contributed by atoms with Crippen molar-refractivity contribution in [2.75, 3.05) is 4.90 Å². The maximum absolute atomic E-state index is 4.37. The minimum Gasteiger partial charge on any atom is -0.310 e. The monoisotopic (exact) mass is 753 g/mol. The fraction of sp³-hybridized carbons (Fsp3) is 0.127. The SMILES string of the molecule is C=C/C(=C\C=C(/C)C1CCCCC1)N(c1ccc(-c2c(-c3ccccc3)cccc2-c2cccc(-c3ccccc3)c2)cc1)c1ccc2c(c1)sc1ccccc12. The van der Waals surface area contributed by atoms with E-state index in [2.05, 4.69) is 200 Å². The molecule has 0 amide bonds. The van der Waals surface area contributed by atoms with Crippen LogP contribution in [0.5, 0.6) is 0 Å². The molecule has 0 radical (unpaired) electrons. The molecule has 0 atom stereocenters. The van der Waals surface area contributed by atoms with Crippen molar-refractivity contribution < 1.29 is 0 Å². The van der Waals surface area contributed by atoms with Crippen molar-refractivity contribution in [1.29, 1.82) is 0 Å². The third-order valence-corrected chi connectivity index (χ3v) is 12.8. The normalized spacial score (nSPS) is 13.9. The van der Waals surface area contributed by atoms with E-state index in [9.17, 15) is 0 Å². The molecule has 278 valence electrons. The molecule has 1 fully saturated rings. The maximum Gasteiger partial charge on any atom is 0.0476 e. The van der Waals surface area contributed by atoms with Crippen LogP contribution in [0, 0.1) is 5.92 Å². The zero-order valence-electron chi connectivity index (χ0n) is 32.6. The molecule has 0 saturated heterocycles. The fourth-order valence-electron chi connectivity index (χ4n) is 8.68. The lowest BCUT2D eigenvalue weighted by molar-refractivity contribution is 0.403. The Morgan fingerprint density at radius 3 is 1.89 bits per heavy atom. The summed E-state index contributed by atoms with van der Waals surface area (Å²) in [5.74, 6) is 0.663. The van der Waals surface area contributed by atoms with Crippen LogP contribution in [0.25, 0.3) is 64.7 Å². The first-order valence-corrected chi connectivity index (χ1v) is 21.1. The molecule has 0 bridgehead atoms. The Bertz CT molecular complexity index is 2730. The van der Waals surface area contributed by atoms with Gasteiger partial charge in [0.05, 0.1) is 0 Å². The van der Waals surface area contributed by atoms with E-state index in [4.69, 9.17) is 0 Å². The molecule has 1 aliphatic carbocycles. The number of rotatable bonds is 10. The second kappa shape index (κ2) is 16.5. The first-order chi connectivity index (χ1) is 28.1. The molecule has 0 aliphatic heterocycles. The summed E-state index contributed by atoms with van der Waals surface area (Å²) in [5.41, 5.74) is 14.4. The van der Waals surface area contributed by atoms with E-state index in [0.29, 0.717) is 5.92 Å². The molecule has 0 N–H and O–H groups in total. The van der Waals surface area contributed by atoms with Crippen molar-refractivity contribution in [2.45, 2.75) is 39.0 Å². The van der Waals surface area contributed by atoms with Crippen LogP contribution < -0.4 is 4.90 Å². The molecule has 9 rings (SSSR count). The van der Waals surface area contributed by atoms with E-state index < -0.39 is 0 Å². The van der Waals surface area contributed by atoms with E-state index in [1.165, 1.54) is 102 Å². The highest BCUT2D eigenvalue weighted by atomic mass is 32.1. The quantitative estimate of drug-likeness (QED) is 0.126. The summed E-state index contributed by atoms with van der Waals surface area (Å²) in [6.07, 6.45) is 13.2. The summed E-state index contributed by atoms with van der Waals surface area (Å²) in [5, 5.41) is 2.61. The zero-order chi connectivity index (χ0) is 38.6. The summed E-state index contributed by atoms with van der Waals surface area (Å²) >= 11 is 1.86. The first kappa shape index (κ1) is 36.4. The second-order valence-electron chi connectivity index (χ2n) is 15.2. The van der Waals surface area contributed by atoms with Gasteiger partial charge in [0.2, 0.25) is 0 Å². The number of nitrogens with zero attached hydrogens (tertiary/aromatic N) is 1. The highest BCUT2D eigenvalue weighted by molar-refractivity contribution is 7.25. The van der Waals surface area contributed by atoms with E-state index in [-0.39, 0.29) is 0 Å². The van der Waals surface area contributed by atoms with Gasteiger partial charge in [-0.15, -0.1) is 11.3 Å². The second-order valence-corrected chi connectivity index (χ2v) is 16.3. The Labute approximate surface area is 341 Å². The Hall–Kier alpha value is -6.22. The van der Waals surface area contributed by atoms with Crippen LogP contribution in [-0.4, -0.2) is 0 Å². The van der Waals surface area contributed by atoms with Crippen LogP contribution in [0.3, 0.4) is 0 Å². The molecule has 1 heterocycles. The van der Waals surface area contributed by atoms with E-state index >= 15 is 0 Å². The number of benzene rings is 7. The van der Waals surface area contributed by atoms with Gasteiger partial charge in [-0.3, -0.25) is 0 Å². The molecule has 8 aromatic rings. The van der Waals surface area contributed by atoms with Gasteiger partial charge in [0.1, 0.15) is 0 Å².